The number of hydrogen-bond acceptors (Lipinski definition) is 6. The molecule has 0 fully saturated rings. The number of carbonyl (C=O) groups excluding carboxylic acids is 2. The fourth-order valence-electron chi connectivity index (χ4n) is 3.24. The van der Waals surface area contributed by atoms with Crippen molar-refractivity contribution in [3.05, 3.63) is 87.5 Å². The van der Waals surface area contributed by atoms with Crippen LogP contribution in [0.1, 0.15) is 32.3 Å². The van der Waals surface area contributed by atoms with Crippen LogP contribution in [0.15, 0.2) is 60.0 Å². The van der Waals surface area contributed by atoms with Crippen LogP contribution in [-0.4, -0.2) is 21.8 Å². The molecule has 0 saturated carbocycles. The van der Waals surface area contributed by atoms with Crippen molar-refractivity contribution in [3.63, 3.8) is 0 Å². The van der Waals surface area contributed by atoms with Gasteiger partial charge in [-0.25, -0.2) is 9.78 Å². The van der Waals surface area contributed by atoms with Gasteiger partial charge in [0.1, 0.15) is 11.6 Å². The molecule has 1 N–H and O–H groups in total. The first-order chi connectivity index (χ1) is 15.0. The maximum absolute atomic E-state index is 12.7. The highest BCUT2D eigenvalue weighted by Gasteiger charge is 2.15. The predicted octanol–water partition coefficient (Wildman–Crippen LogP) is 4.85. The number of nitrogens with zero attached hydrogens (tertiary/aromatic N) is 2. The summed E-state index contributed by atoms with van der Waals surface area (Å²) in [7, 11) is 0. The minimum Gasteiger partial charge on any atom is -0.456 e. The predicted molar refractivity (Wildman–Crippen MR) is 121 cm³/mol. The van der Waals surface area contributed by atoms with Crippen molar-refractivity contribution < 1.29 is 14.3 Å². The minimum atomic E-state index is -0.423. The number of pyridine rings is 1. The first-order valence-electron chi connectivity index (χ1n) is 9.82. The number of para-hydroxylation sites is 2. The van der Waals surface area contributed by atoms with Gasteiger partial charge >= 0.3 is 5.97 Å². The van der Waals surface area contributed by atoms with Crippen molar-refractivity contribution >= 4 is 39.8 Å². The van der Waals surface area contributed by atoms with Gasteiger partial charge in [-0.2, -0.15) is 0 Å². The fourth-order valence-corrected chi connectivity index (χ4v) is 4.01. The van der Waals surface area contributed by atoms with Gasteiger partial charge in [0, 0.05) is 22.1 Å². The number of carbonyl (C=O) groups is 2. The number of anilines is 1. The number of fused-ring (bicyclic) bond motifs is 1. The largest absolute Gasteiger partial charge is 0.456 e. The number of rotatable bonds is 6. The summed E-state index contributed by atoms with van der Waals surface area (Å²) in [6.45, 7) is 3.83. The molecule has 2 heterocycles. The SMILES string of the molecule is Cc1cc(C(=O)OCc2csc(CC(=O)Nc3ccccc3C)n2)c2ccccc2n1. The van der Waals surface area contributed by atoms with E-state index in [9.17, 15) is 9.59 Å². The Morgan fingerprint density at radius 2 is 1.81 bits per heavy atom. The molecule has 2 aromatic heterocycles. The molecule has 1 amide bonds. The van der Waals surface area contributed by atoms with E-state index in [0.29, 0.717) is 16.3 Å². The standard InChI is InChI=1S/C24H21N3O3S/c1-15-7-3-5-9-20(15)27-22(28)12-23-26-17(14-31-23)13-30-24(29)19-11-16(2)25-21-10-6-4-8-18(19)21/h3-11,14H,12-13H2,1-2H3,(H,27,28). The highest BCUT2D eigenvalue weighted by Crippen LogP contribution is 2.20. The Bertz CT molecular complexity index is 1270. The molecule has 6 nitrogen and oxygen atoms in total. The highest BCUT2D eigenvalue weighted by molar-refractivity contribution is 7.09. The molecule has 7 heteroatoms. The van der Waals surface area contributed by atoms with E-state index in [1.54, 1.807) is 11.4 Å². The number of hydrogen-bond donors (Lipinski definition) is 1. The topological polar surface area (TPSA) is 81.2 Å². The summed E-state index contributed by atoms with van der Waals surface area (Å²) in [6, 6.07) is 16.8. The van der Waals surface area contributed by atoms with Gasteiger partial charge in [-0.15, -0.1) is 11.3 Å². The summed E-state index contributed by atoms with van der Waals surface area (Å²) in [4.78, 5) is 33.9. The minimum absolute atomic E-state index is 0.0461. The quantitative estimate of drug-likeness (QED) is 0.442. The monoisotopic (exact) mass is 431 g/mol. The number of esters is 1. The van der Waals surface area contributed by atoms with E-state index in [1.165, 1.54) is 11.3 Å². The summed E-state index contributed by atoms with van der Waals surface area (Å²) in [5.41, 5.74) is 4.40. The van der Waals surface area contributed by atoms with E-state index in [1.807, 2.05) is 62.4 Å². The molecule has 0 spiro atoms. The van der Waals surface area contributed by atoms with Crippen molar-refractivity contribution in [1.29, 1.82) is 0 Å². The zero-order valence-electron chi connectivity index (χ0n) is 17.2. The number of amides is 1. The molecule has 0 atom stereocenters. The van der Waals surface area contributed by atoms with Gasteiger partial charge in [-0.1, -0.05) is 36.4 Å². The normalized spacial score (nSPS) is 10.8. The lowest BCUT2D eigenvalue weighted by Crippen LogP contribution is -2.15. The van der Waals surface area contributed by atoms with Crippen LogP contribution in [-0.2, 0) is 22.6 Å². The van der Waals surface area contributed by atoms with Gasteiger partial charge in [0.15, 0.2) is 0 Å². The zero-order chi connectivity index (χ0) is 21.8. The Hall–Kier alpha value is -3.58. The van der Waals surface area contributed by atoms with Crippen LogP contribution in [0.25, 0.3) is 10.9 Å². The first-order valence-corrected chi connectivity index (χ1v) is 10.7. The van der Waals surface area contributed by atoms with Gasteiger partial charge in [0.05, 0.1) is 23.2 Å². The van der Waals surface area contributed by atoms with Crippen LogP contribution in [0, 0.1) is 13.8 Å². The summed E-state index contributed by atoms with van der Waals surface area (Å²) in [5.74, 6) is -0.556. The number of nitrogens with one attached hydrogen (secondary N) is 1. The van der Waals surface area contributed by atoms with E-state index < -0.39 is 5.97 Å². The average molecular weight is 432 g/mol. The Labute approximate surface area is 183 Å². The van der Waals surface area contributed by atoms with E-state index in [2.05, 4.69) is 15.3 Å². The Morgan fingerprint density at radius 1 is 1.03 bits per heavy atom. The lowest BCUT2D eigenvalue weighted by atomic mass is 10.1. The van der Waals surface area contributed by atoms with E-state index in [4.69, 9.17) is 4.74 Å². The highest BCUT2D eigenvalue weighted by atomic mass is 32.1. The third-order valence-corrected chi connectivity index (χ3v) is 5.64. The third-order valence-electron chi connectivity index (χ3n) is 4.75. The summed E-state index contributed by atoms with van der Waals surface area (Å²) >= 11 is 1.37. The zero-order valence-corrected chi connectivity index (χ0v) is 18.0. The van der Waals surface area contributed by atoms with Gasteiger partial charge in [0.2, 0.25) is 5.91 Å². The Balaban J connectivity index is 1.38. The van der Waals surface area contributed by atoms with E-state index in [-0.39, 0.29) is 18.9 Å². The molecule has 0 saturated heterocycles. The van der Waals surface area contributed by atoms with E-state index >= 15 is 0 Å². The average Bonchev–Trinajstić information content (AvgIpc) is 3.20. The molecule has 0 aliphatic carbocycles. The Morgan fingerprint density at radius 3 is 2.65 bits per heavy atom. The van der Waals surface area contributed by atoms with Gasteiger partial charge in [-0.3, -0.25) is 9.78 Å². The lowest BCUT2D eigenvalue weighted by molar-refractivity contribution is -0.115. The maximum Gasteiger partial charge on any atom is 0.339 e. The molecule has 2 aromatic carbocycles. The fraction of sp³-hybridized carbons (Fsp3) is 0.167. The number of aryl methyl sites for hydroxylation is 2. The molecule has 31 heavy (non-hydrogen) atoms. The molecule has 0 bridgehead atoms. The second-order valence-corrected chi connectivity index (χ2v) is 8.12. The molecule has 4 aromatic rings. The summed E-state index contributed by atoms with van der Waals surface area (Å²) in [6.07, 6.45) is 0.168. The summed E-state index contributed by atoms with van der Waals surface area (Å²) < 4.78 is 5.48. The van der Waals surface area contributed by atoms with Gasteiger partial charge < -0.3 is 10.1 Å². The first kappa shape index (κ1) is 20.7. The van der Waals surface area contributed by atoms with Crippen molar-refractivity contribution in [2.75, 3.05) is 5.32 Å². The Kier molecular flexibility index (Phi) is 6.04. The second-order valence-electron chi connectivity index (χ2n) is 7.18. The van der Waals surface area contributed by atoms with Crippen LogP contribution >= 0.6 is 11.3 Å². The molecular weight excluding hydrogens is 410 g/mol. The third kappa shape index (κ3) is 4.95. The smallest absolute Gasteiger partial charge is 0.339 e. The van der Waals surface area contributed by atoms with Crippen LogP contribution in [0.4, 0.5) is 5.69 Å². The van der Waals surface area contributed by atoms with Gasteiger partial charge in [0.25, 0.3) is 0 Å². The molecule has 0 aliphatic heterocycles. The molecule has 156 valence electrons. The number of benzene rings is 2. The number of thiazole rings is 1. The van der Waals surface area contributed by atoms with Crippen molar-refractivity contribution in [2.24, 2.45) is 0 Å². The van der Waals surface area contributed by atoms with Crippen LogP contribution in [0.3, 0.4) is 0 Å². The number of aromatic nitrogens is 2. The van der Waals surface area contributed by atoms with Crippen molar-refractivity contribution in [3.8, 4) is 0 Å². The molecule has 0 aliphatic rings. The summed E-state index contributed by atoms with van der Waals surface area (Å²) in [5, 5.41) is 6.13. The van der Waals surface area contributed by atoms with Crippen LogP contribution in [0.2, 0.25) is 0 Å². The number of ether oxygens (including phenoxy) is 1. The second kappa shape index (κ2) is 9.06. The molecule has 0 unspecified atom stereocenters. The van der Waals surface area contributed by atoms with Crippen LogP contribution in [0.5, 0.6) is 0 Å². The molecule has 4 rings (SSSR count). The van der Waals surface area contributed by atoms with E-state index in [0.717, 1.165) is 27.8 Å². The maximum atomic E-state index is 12.7. The van der Waals surface area contributed by atoms with Gasteiger partial charge in [-0.05, 0) is 37.6 Å². The molecule has 0 radical (unpaired) electrons. The lowest BCUT2D eigenvalue weighted by Gasteiger charge is -2.08. The van der Waals surface area contributed by atoms with Crippen molar-refractivity contribution in [2.45, 2.75) is 26.9 Å². The molecular formula is C24H21N3O3S. The van der Waals surface area contributed by atoms with Crippen molar-refractivity contribution in [1.82, 2.24) is 9.97 Å². The van der Waals surface area contributed by atoms with Crippen LogP contribution < -0.4 is 5.32 Å².